The van der Waals surface area contributed by atoms with Crippen LogP contribution in [-0.2, 0) is 19.3 Å². The molecule has 0 saturated heterocycles. The zero-order valence-corrected chi connectivity index (χ0v) is 11.0. The molecule has 90 valence electrons. The zero-order valence-electron chi connectivity index (χ0n) is 10.3. The number of pyridine rings is 1. The van der Waals surface area contributed by atoms with E-state index >= 15 is 0 Å². The lowest BCUT2D eigenvalue weighted by atomic mass is 9.97. The van der Waals surface area contributed by atoms with Gasteiger partial charge in [0, 0.05) is 16.1 Å². The molecule has 3 rings (SSSR count). The van der Waals surface area contributed by atoms with E-state index in [4.69, 9.17) is 21.8 Å². The maximum atomic E-state index is 9.05. The molecule has 3 heteroatoms. The van der Waals surface area contributed by atoms with Crippen molar-refractivity contribution < 1.29 is 0 Å². The van der Waals surface area contributed by atoms with Gasteiger partial charge in [-0.1, -0.05) is 11.6 Å². The molecule has 18 heavy (non-hydrogen) atoms. The maximum absolute atomic E-state index is 9.05. The minimum absolute atomic E-state index is 0.446. The molecule has 0 bridgehead atoms. The van der Waals surface area contributed by atoms with Gasteiger partial charge < -0.3 is 0 Å². The minimum atomic E-state index is 0.446. The number of rotatable bonds is 1. The molecule has 0 amide bonds. The summed E-state index contributed by atoms with van der Waals surface area (Å²) in [5.74, 6) is 0. The lowest BCUT2D eigenvalue weighted by Gasteiger charge is -2.12. The van der Waals surface area contributed by atoms with E-state index in [0.29, 0.717) is 6.42 Å². The second-order valence-corrected chi connectivity index (χ2v) is 5.26. The van der Waals surface area contributed by atoms with E-state index in [2.05, 4.69) is 6.07 Å². The van der Waals surface area contributed by atoms with E-state index in [0.717, 1.165) is 46.3 Å². The quantitative estimate of drug-likeness (QED) is 0.779. The van der Waals surface area contributed by atoms with Gasteiger partial charge in [-0.3, -0.25) is 4.98 Å². The molecule has 1 aliphatic rings. The van der Waals surface area contributed by atoms with Gasteiger partial charge in [0.2, 0.25) is 0 Å². The summed E-state index contributed by atoms with van der Waals surface area (Å²) in [6.07, 6.45) is 3.66. The van der Waals surface area contributed by atoms with Crippen molar-refractivity contribution in [2.75, 3.05) is 0 Å². The summed E-state index contributed by atoms with van der Waals surface area (Å²) in [6.45, 7) is 2.03. The largest absolute Gasteiger partial charge is 0.252 e. The molecule has 1 aliphatic carbocycles. The molecule has 2 aromatic rings. The van der Waals surface area contributed by atoms with Crippen molar-refractivity contribution in [1.29, 1.82) is 5.26 Å². The first-order valence-electron chi connectivity index (χ1n) is 6.18. The number of benzene rings is 1. The van der Waals surface area contributed by atoms with Crippen molar-refractivity contribution in [3.63, 3.8) is 0 Å². The Morgan fingerprint density at radius 1 is 1.39 bits per heavy atom. The van der Waals surface area contributed by atoms with E-state index in [1.165, 1.54) is 11.3 Å². The number of halogens is 1. The Morgan fingerprint density at radius 2 is 2.22 bits per heavy atom. The minimum Gasteiger partial charge on any atom is -0.252 e. The fraction of sp³-hybridized carbons (Fsp3) is 0.333. The van der Waals surface area contributed by atoms with E-state index in [1.54, 1.807) is 0 Å². The Kier molecular flexibility index (Phi) is 2.72. The second-order valence-electron chi connectivity index (χ2n) is 4.82. The zero-order chi connectivity index (χ0) is 12.7. The van der Waals surface area contributed by atoms with E-state index in [9.17, 15) is 0 Å². The third kappa shape index (κ3) is 1.67. The predicted molar refractivity (Wildman–Crippen MR) is 72.8 cm³/mol. The molecular formula is C15H13ClN2. The summed E-state index contributed by atoms with van der Waals surface area (Å²) in [5, 5.41) is 10.8. The molecule has 1 aromatic heterocycles. The summed E-state index contributed by atoms with van der Waals surface area (Å²) in [6, 6.07) is 6.16. The van der Waals surface area contributed by atoms with Crippen molar-refractivity contribution in [3.05, 3.63) is 39.5 Å². The number of aromatic nitrogens is 1. The van der Waals surface area contributed by atoms with Crippen LogP contribution < -0.4 is 0 Å². The number of nitriles is 1. The first kappa shape index (κ1) is 11.5. The third-order valence-corrected chi connectivity index (χ3v) is 3.86. The van der Waals surface area contributed by atoms with E-state index in [1.807, 2.05) is 19.1 Å². The topological polar surface area (TPSA) is 36.7 Å². The van der Waals surface area contributed by atoms with Gasteiger partial charge in [0.15, 0.2) is 0 Å². The standard InChI is InChI=1S/C15H13ClN2/c1-9-7-10(16)8-13-11(5-6-17)12-3-2-4-14(12)18-15(9)13/h7-8H,2-5H2,1H3. The van der Waals surface area contributed by atoms with Crippen LogP contribution in [0.15, 0.2) is 12.1 Å². The smallest absolute Gasteiger partial charge is 0.0738 e. The van der Waals surface area contributed by atoms with Crippen molar-refractivity contribution in [1.82, 2.24) is 4.98 Å². The Morgan fingerprint density at radius 3 is 3.00 bits per heavy atom. The van der Waals surface area contributed by atoms with Crippen LogP contribution in [0.1, 0.15) is 28.8 Å². The van der Waals surface area contributed by atoms with Crippen molar-refractivity contribution in [3.8, 4) is 6.07 Å². The van der Waals surface area contributed by atoms with Crippen molar-refractivity contribution in [2.24, 2.45) is 0 Å². The van der Waals surface area contributed by atoms with Gasteiger partial charge in [-0.25, -0.2) is 0 Å². The average molecular weight is 257 g/mol. The Labute approximate surface area is 111 Å². The lowest BCUT2D eigenvalue weighted by Crippen LogP contribution is -1.99. The van der Waals surface area contributed by atoms with Crippen LogP contribution in [0, 0.1) is 18.3 Å². The van der Waals surface area contributed by atoms with Gasteiger partial charge in [-0.2, -0.15) is 5.26 Å². The van der Waals surface area contributed by atoms with Crippen LogP contribution in [0.3, 0.4) is 0 Å². The van der Waals surface area contributed by atoms with Gasteiger partial charge in [0.1, 0.15) is 0 Å². The van der Waals surface area contributed by atoms with Crippen LogP contribution >= 0.6 is 11.6 Å². The molecular weight excluding hydrogens is 244 g/mol. The SMILES string of the molecule is Cc1cc(Cl)cc2c(CC#N)c3c(nc12)CCC3. The molecule has 0 radical (unpaired) electrons. The van der Waals surface area contributed by atoms with Crippen molar-refractivity contribution in [2.45, 2.75) is 32.6 Å². The number of nitrogens with zero attached hydrogens (tertiary/aromatic N) is 2. The number of fused-ring (bicyclic) bond motifs is 2. The van der Waals surface area contributed by atoms with Crippen LogP contribution in [-0.4, -0.2) is 4.98 Å². The van der Waals surface area contributed by atoms with Crippen LogP contribution in [0.25, 0.3) is 10.9 Å². The third-order valence-electron chi connectivity index (χ3n) is 3.65. The summed E-state index contributed by atoms with van der Waals surface area (Å²) >= 11 is 6.14. The van der Waals surface area contributed by atoms with Gasteiger partial charge in [-0.05, 0) is 55.0 Å². The Hall–Kier alpha value is -1.59. The molecule has 0 spiro atoms. The lowest BCUT2D eigenvalue weighted by molar-refractivity contribution is 0.899. The maximum Gasteiger partial charge on any atom is 0.0738 e. The van der Waals surface area contributed by atoms with Crippen LogP contribution in [0.5, 0.6) is 0 Å². The van der Waals surface area contributed by atoms with Gasteiger partial charge >= 0.3 is 0 Å². The highest BCUT2D eigenvalue weighted by Crippen LogP contribution is 2.33. The molecule has 0 atom stereocenters. The molecule has 0 saturated carbocycles. The molecule has 0 aliphatic heterocycles. The van der Waals surface area contributed by atoms with E-state index < -0.39 is 0 Å². The normalized spacial score (nSPS) is 13.6. The predicted octanol–water partition coefficient (Wildman–Crippen LogP) is 3.75. The fourth-order valence-corrected chi connectivity index (χ4v) is 3.14. The Balaban J connectivity index is 2.42. The number of hydrogen-bond donors (Lipinski definition) is 0. The van der Waals surface area contributed by atoms with Crippen LogP contribution in [0.2, 0.25) is 5.02 Å². The highest BCUT2D eigenvalue weighted by atomic mass is 35.5. The van der Waals surface area contributed by atoms with E-state index in [-0.39, 0.29) is 0 Å². The monoisotopic (exact) mass is 256 g/mol. The van der Waals surface area contributed by atoms with Gasteiger partial charge in [-0.15, -0.1) is 0 Å². The summed E-state index contributed by atoms with van der Waals surface area (Å²) < 4.78 is 0. The molecule has 0 N–H and O–H groups in total. The summed E-state index contributed by atoms with van der Waals surface area (Å²) in [7, 11) is 0. The number of hydrogen-bond acceptors (Lipinski definition) is 2. The molecule has 1 aromatic carbocycles. The first-order valence-corrected chi connectivity index (χ1v) is 6.56. The van der Waals surface area contributed by atoms with Crippen molar-refractivity contribution >= 4 is 22.5 Å². The molecule has 0 unspecified atom stereocenters. The molecule has 1 heterocycles. The molecule has 2 nitrogen and oxygen atoms in total. The number of aryl methyl sites for hydroxylation is 2. The molecule has 0 fully saturated rings. The second kappa shape index (κ2) is 4.26. The fourth-order valence-electron chi connectivity index (χ4n) is 2.87. The summed E-state index contributed by atoms with van der Waals surface area (Å²) in [5.41, 5.74) is 5.70. The van der Waals surface area contributed by atoms with Gasteiger partial charge in [0.05, 0.1) is 18.0 Å². The van der Waals surface area contributed by atoms with Gasteiger partial charge in [0.25, 0.3) is 0 Å². The first-order chi connectivity index (χ1) is 8.70. The van der Waals surface area contributed by atoms with Crippen LogP contribution in [0.4, 0.5) is 0 Å². The Bertz CT molecular complexity index is 683. The highest BCUT2D eigenvalue weighted by Gasteiger charge is 2.20. The average Bonchev–Trinajstić information content (AvgIpc) is 2.78. The summed E-state index contributed by atoms with van der Waals surface area (Å²) in [4.78, 5) is 4.77. The highest BCUT2D eigenvalue weighted by molar-refractivity contribution is 6.31.